The van der Waals surface area contributed by atoms with Gasteiger partial charge in [0.25, 0.3) is 5.91 Å². The first-order chi connectivity index (χ1) is 14.3. The van der Waals surface area contributed by atoms with Crippen LogP contribution >= 0.6 is 0 Å². The second kappa shape index (κ2) is 9.17. The van der Waals surface area contributed by atoms with Gasteiger partial charge in [-0.25, -0.2) is 0 Å². The van der Waals surface area contributed by atoms with E-state index in [4.69, 9.17) is 9.15 Å². The normalized spacial score (nSPS) is 16.6. The van der Waals surface area contributed by atoms with Crippen molar-refractivity contribution in [2.45, 2.75) is 26.3 Å². The number of carbonyl (C=O) groups excluding carboxylic acids is 2. The van der Waals surface area contributed by atoms with Gasteiger partial charge < -0.3 is 24.1 Å². The van der Waals surface area contributed by atoms with Crippen LogP contribution in [0.25, 0.3) is 0 Å². The number of nitrogens with zero attached hydrogens (tertiary/aromatic N) is 2. The number of aliphatic hydroxyl groups excluding tert-OH is 1. The molecule has 1 aliphatic rings. The molecule has 7 nitrogen and oxygen atoms in total. The van der Waals surface area contributed by atoms with E-state index >= 15 is 0 Å². The molecule has 0 fully saturated rings. The SMILES string of the molecule is CCOc1ccc([C@@H]2C(C(=O)c3ccc(C)o3)=C(O)C(=O)N2CCCN(C)C)cc1. The predicted octanol–water partition coefficient (Wildman–Crippen LogP) is 3.52. The third-order valence-corrected chi connectivity index (χ3v) is 5.02. The summed E-state index contributed by atoms with van der Waals surface area (Å²) >= 11 is 0. The van der Waals surface area contributed by atoms with Crippen LogP contribution in [0.3, 0.4) is 0 Å². The molecule has 2 aromatic rings. The Morgan fingerprint density at radius 2 is 1.90 bits per heavy atom. The van der Waals surface area contributed by atoms with E-state index in [1.165, 1.54) is 0 Å². The average Bonchev–Trinajstić information content (AvgIpc) is 3.25. The van der Waals surface area contributed by atoms with Crippen LogP contribution in [0, 0.1) is 6.92 Å². The summed E-state index contributed by atoms with van der Waals surface area (Å²) in [6.07, 6.45) is 0.709. The average molecular weight is 412 g/mol. The van der Waals surface area contributed by atoms with Gasteiger partial charge in [0.1, 0.15) is 11.5 Å². The van der Waals surface area contributed by atoms with Crippen molar-refractivity contribution in [2.24, 2.45) is 0 Å². The van der Waals surface area contributed by atoms with Crippen LogP contribution < -0.4 is 4.74 Å². The Kier molecular flexibility index (Phi) is 6.62. The monoisotopic (exact) mass is 412 g/mol. The highest BCUT2D eigenvalue weighted by atomic mass is 16.5. The maximum absolute atomic E-state index is 13.2. The molecule has 0 bridgehead atoms. The highest BCUT2D eigenvalue weighted by Crippen LogP contribution is 2.39. The summed E-state index contributed by atoms with van der Waals surface area (Å²) in [6.45, 7) is 5.37. The van der Waals surface area contributed by atoms with Gasteiger partial charge in [0.05, 0.1) is 18.2 Å². The molecule has 2 heterocycles. The highest BCUT2D eigenvalue weighted by Gasteiger charge is 2.44. The Bertz CT molecular complexity index is 943. The van der Waals surface area contributed by atoms with Crippen molar-refractivity contribution in [1.82, 2.24) is 9.80 Å². The molecule has 0 saturated heterocycles. The third kappa shape index (κ3) is 4.41. The molecule has 1 atom stereocenters. The molecule has 3 rings (SSSR count). The molecule has 0 unspecified atom stereocenters. The standard InChI is InChI=1S/C23H28N2O5/c1-5-29-17-10-8-16(9-11-17)20-19(21(26)18-12-7-15(2)30-18)22(27)23(28)25(20)14-6-13-24(3)4/h7-12,20,27H,5-6,13-14H2,1-4H3/t20-/m1/s1. The van der Waals surface area contributed by atoms with E-state index in [1.807, 2.05) is 38.1 Å². The third-order valence-electron chi connectivity index (χ3n) is 5.02. The quantitative estimate of drug-likeness (QED) is 0.635. The van der Waals surface area contributed by atoms with Crippen LogP contribution in [-0.2, 0) is 4.79 Å². The fourth-order valence-electron chi connectivity index (χ4n) is 3.62. The lowest BCUT2D eigenvalue weighted by Crippen LogP contribution is -2.33. The van der Waals surface area contributed by atoms with Gasteiger partial charge in [0.15, 0.2) is 11.5 Å². The lowest BCUT2D eigenvalue weighted by atomic mass is 9.95. The number of ketones is 1. The Hall–Kier alpha value is -3.06. The number of aliphatic hydroxyl groups is 1. The van der Waals surface area contributed by atoms with E-state index in [-0.39, 0.29) is 11.3 Å². The molecular formula is C23H28N2O5. The molecule has 160 valence electrons. The zero-order chi connectivity index (χ0) is 21.8. The first-order valence-electron chi connectivity index (χ1n) is 10.1. The van der Waals surface area contributed by atoms with Gasteiger partial charge >= 0.3 is 0 Å². The van der Waals surface area contributed by atoms with Crippen molar-refractivity contribution in [3.63, 3.8) is 0 Å². The Morgan fingerprint density at radius 1 is 1.20 bits per heavy atom. The number of furan rings is 1. The number of benzene rings is 1. The number of hydrogen-bond acceptors (Lipinski definition) is 6. The summed E-state index contributed by atoms with van der Waals surface area (Å²) in [5.74, 6) is -0.149. The Balaban J connectivity index is 1.98. The topological polar surface area (TPSA) is 83.2 Å². The zero-order valence-corrected chi connectivity index (χ0v) is 17.8. The van der Waals surface area contributed by atoms with E-state index in [0.29, 0.717) is 31.1 Å². The predicted molar refractivity (Wildman–Crippen MR) is 113 cm³/mol. The van der Waals surface area contributed by atoms with Gasteiger partial charge in [-0.2, -0.15) is 0 Å². The highest BCUT2D eigenvalue weighted by molar-refractivity contribution is 6.15. The molecule has 1 amide bonds. The summed E-state index contributed by atoms with van der Waals surface area (Å²) in [6, 6.07) is 9.80. The van der Waals surface area contributed by atoms with Crippen molar-refractivity contribution in [2.75, 3.05) is 33.8 Å². The molecule has 1 aromatic heterocycles. The zero-order valence-electron chi connectivity index (χ0n) is 17.8. The molecule has 0 spiro atoms. The number of ether oxygens (including phenoxy) is 1. The second-order valence-electron chi connectivity index (χ2n) is 7.56. The fourth-order valence-corrected chi connectivity index (χ4v) is 3.62. The number of rotatable bonds is 9. The number of hydrogen-bond donors (Lipinski definition) is 1. The van der Waals surface area contributed by atoms with Gasteiger partial charge in [-0.15, -0.1) is 0 Å². The molecular weight excluding hydrogens is 384 g/mol. The van der Waals surface area contributed by atoms with E-state index in [2.05, 4.69) is 0 Å². The van der Waals surface area contributed by atoms with E-state index in [9.17, 15) is 14.7 Å². The first-order valence-corrected chi connectivity index (χ1v) is 10.1. The minimum atomic E-state index is -0.687. The van der Waals surface area contributed by atoms with Crippen molar-refractivity contribution >= 4 is 11.7 Å². The largest absolute Gasteiger partial charge is 0.503 e. The lowest BCUT2D eigenvalue weighted by molar-refractivity contribution is -0.129. The van der Waals surface area contributed by atoms with Gasteiger partial charge in [-0.3, -0.25) is 9.59 Å². The van der Waals surface area contributed by atoms with Crippen LogP contribution in [0.4, 0.5) is 0 Å². The molecule has 0 saturated carbocycles. The van der Waals surface area contributed by atoms with Crippen LogP contribution in [0.1, 0.15) is 41.3 Å². The van der Waals surface area contributed by atoms with Crippen LogP contribution in [0.2, 0.25) is 0 Å². The van der Waals surface area contributed by atoms with Crippen molar-refractivity contribution in [1.29, 1.82) is 0 Å². The fraction of sp³-hybridized carbons (Fsp3) is 0.391. The van der Waals surface area contributed by atoms with Gasteiger partial charge in [-0.1, -0.05) is 12.1 Å². The van der Waals surface area contributed by atoms with Gasteiger partial charge in [0.2, 0.25) is 5.78 Å². The van der Waals surface area contributed by atoms with Crippen molar-refractivity contribution in [3.05, 3.63) is 64.8 Å². The van der Waals surface area contributed by atoms with Gasteiger partial charge in [0, 0.05) is 6.54 Å². The van der Waals surface area contributed by atoms with E-state index < -0.39 is 23.5 Å². The molecule has 1 aliphatic heterocycles. The second-order valence-corrected chi connectivity index (χ2v) is 7.56. The van der Waals surface area contributed by atoms with E-state index in [0.717, 1.165) is 12.1 Å². The Labute approximate surface area is 176 Å². The molecule has 0 radical (unpaired) electrons. The maximum atomic E-state index is 13.2. The number of Topliss-reactive ketones (excluding diaryl/α,β-unsaturated/α-hetero) is 1. The van der Waals surface area contributed by atoms with Crippen molar-refractivity contribution in [3.8, 4) is 5.75 Å². The maximum Gasteiger partial charge on any atom is 0.290 e. The van der Waals surface area contributed by atoms with Gasteiger partial charge in [-0.05, 0) is 70.7 Å². The lowest BCUT2D eigenvalue weighted by Gasteiger charge is -2.27. The number of carbonyl (C=O) groups is 2. The molecule has 1 N–H and O–H groups in total. The number of amides is 1. The first kappa shape index (κ1) is 21.6. The summed E-state index contributed by atoms with van der Waals surface area (Å²) in [4.78, 5) is 29.6. The summed E-state index contributed by atoms with van der Waals surface area (Å²) in [5.41, 5.74) is 0.774. The molecule has 30 heavy (non-hydrogen) atoms. The number of aryl methyl sites for hydroxylation is 1. The van der Waals surface area contributed by atoms with E-state index in [1.54, 1.807) is 36.1 Å². The minimum Gasteiger partial charge on any atom is -0.503 e. The summed E-state index contributed by atoms with van der Waals surface area (Å²) < 4.78 is 11.0. The molecule has 1 aromatic carbocycles. The smallest absolute Gasteiger partial charge is 0.290 e. The molecule has 0 aliphatic carbocycles. The van der Waals surface area contributed by atoms with Crippen LogP contribution in [0.15, 0.2) is 52.1 Å². The van der Waals surface area contributed by atoms with Crippen LogP contribution in [-0.4, -0.2) is 60.4 Å². The Morgan fingerprint density at radius 3 is 2.47 bits per heavy atom. The van der Waals surface area contributed by atoms with Crippen molar-refractivity contribution < 1.29 is 23.8 Å². The van der Waals surface area contributed by atoms with Crippen LogP contribution in [0.5, 0.6) is 5.75 Å². The minimum absolute atomic E-state index is 0.0448. The summed E-state index contributed by atoms with van der Waals surface area (Å²) in [5, 5.41) is 10.6. The molecule has 7 heteroatoms. The summed E-state index contributed by atoms with van der Waals surface area (Å²) in [7, 11) is 3.92.